The van der Waals surface area contributed by atoms with E-state index in [2.05, 4.69) is 27.4 Å². The lowest BCUT2D eigenvalue weighted by Crippen LogP contribution is -2.45. The summed E-state index contributed by atoms with van der Waals surface area (Å²) < 4.78 is 5.56. The molecule has 0 radical (unpaired) electrons. The molecule has 2 saturated heterocycles. The van der Waals surface area contributed by atoms with E-state index < -0.39 is 0 Å². The number of nitrogens with zero attached hydrogens (tertiary/aromatic N) is 2. The first-order valence-corrected chi connectivity index (χ1v) is 10.1. The SMILES string of the molecule is CN=C(NCc1cccc(C(=O)NCC2CCCO2)c1)N1CCC(C)CC1.I. The van der Waals surface area contributed by atoms with E-state index in [4.69, 9.17) is 4.74 Å². The van der Waals surface area contributed by atoms with Crippen molar-refractivity contribution in [3.63, 3.8) is 0 Å². The summed E-state index contributed by atoms with van der Waals surface area (Å²) in [5.41, 5.74) is 1.76. The van der Waals surface area contributed by atoms with Crippen molar-refractivity contribution in [1.82, 2.24) is 15.5 Å². The monoisotopic (exact) mass is 500 g/mol. The molecule has 6 nitrogen and oxygen atoms in total. The molecule has 2 fully saturated rings. The van der Waals surface area contributed by atoms with Crippen LogP contribution in [0.5, 0.6) is 0 Å². The van der Waals surface area contributed by atoms with Gasteiger partial charge in [-0.2, -0.15) is 0 Å². The van der Waals surface area contributed by atoms with E-state index in [0.29, 0.717) is 18.7 Å². The Bertz CT molecular complexity index is 654. The molecule has 2 heterocycles. The van der Waals surface area contributed by atoms with Gasteiger partial charge in [0, 0.05) is 45.4 Å². The number of amides is 1. The first kappa shape index (κ1) is 22.9. The number of piperidine rings is 1. The first-order valence-electron chi connectivity index (χ1n) is 10.1. The Morgan fingerprint density at radius 2 is 2.04 bits per heavy atom. The molecule has 2 aliphatic heterocycles. The number of hydrogen-bond acceptors (Lipinski definition) is 3. The molecular formula is C21H33IN4O2. The third kappa shape index (κ3) is 6.62. The Morgan fingerprint density at radius 1 is 1.25 bits per heavy atom. The molecule has 2 aliphatic rings. The fourth-order valence-corrected chi connectivity index (χ4v) is 3.67. The molecule has 156 valence electrons. The minimum atomic E-state index is -0.0400. The number of carbonyl (C=O) groups is 1. The highest BCUT2D eigenvalue weighted by Gasteiger charge is 2.19. The van der Waals surface area contributed by atoms with Gasteiger partial charge in [0.15, 0.2) is 5.96 Å². The second-order valence-corrected chi connectivity index (χ2v) is 7.62. The Balaban J connectivity index is 0.00000280. The summed E-state index contributed by atoms with van der Waals surface area (Å²) in [6.07, 6.45) is 4.69. The molecule has 7 heteroatoms. The molecule has 3 rings (SSSR count). The van der Waals surface area contributed by atoms with Crippen LogP contribution in [0.4, 0.5) is 0 Å². The van der Waals surface area contributed by atoms with E-state index in [1.165, 1.54) is 12.8 Å². The number of carbonyl (C=O) groups excluding carboxylic acids is 1. The number of nitrogens with one attached hydrogen (secondary N) is 2. The Labute approximate surface area is 185 Å². The van der Waals surface area contributed by atoms with Gasteiger partial charge in [-0.1, -0.05) is 19.1 Å². The second-order valence-electron chi connectivity index (χ2n) is 7.62. The highest BCUT2D eigenvalue weighted by atomic mass is 127. The molecule has 28 heavy (non-hydrogen) atoms. The van der Waals surface area contributed by atoms with E-state index in [9.17, 15) is 4.79 Å². The molecule has 0 spiro atoms. The molecule has 2 N–H and O–H groups in total. The van der Waals surface area contributed by atoms with Crippen LogP contribution < -0.4 is 10.6 Å². The lowest BCUT2D eigenvalue weighted by atomic mass is 9.99. The van der Waals surface area contributed by atoms with Gasteiger partial charge in [-0.25, -0.2) is 0 Å². The molecule has 1 aromatic carbocycles. The van der Waals surface area contributed by atoms with Crippen LogP contribution >= 0.6 is 24.0 Å². The Kier molecular flexibility index (Phi) is 9.50. The van der Waals surface area contributed by atoms with E-state index >= 15 is 0 Å². The lowest BCUT2D eigenvalue weighted by Gasteiger charge is -2.32. The van der Waals surface area contributed by atoms with E-state index in [0.717, 1.165) is 50.0 Å². The van der Waals surface area contributed by atoms with Crippen LogP contribution in [-0.4, -0.2) is 56.2 Å². The van der Waals surface area contributed by atoms with Crippen LogP contribution in [0.2, 0.25) is 0 Å². The van der Waals surface area contributed by atoms with Gasteiger partial charge in [0.05, 0.1) is 6.10 Å². The molecule has 0 saturated carbocycles. The van der Waals surface area contributed by atoms with Crippen molar-refractivity contribution in [1.29, 1.82) is 0 Å². The molecule has 0 aromatic heterocycles. The average molecular weight is 500 g/mol. The number of hydrogen-bond donors (Lipinski definition) is 2. The summed E-state index contributed by atoms with van der Waals surface area (Å²) in [6, 6.07) is 7.78. The predicted octanol–water partition coefficient (Wildman–Crippen LogP) is 3.02. The van der Waals surface area contributed by atoms with Gasteiger partial charge < -0.3 is 20.3 Å². The molecule has 0 bridgehead atoms. The van der Waals surface area contributed by atoms with Crippen molar-refractivity contribution in [2.75, 3.05) is 33.3 Å². The predicted molar refractivity (Wildman–Crippen MR) is 123 cm³/mol. The highest BCUT2D eigenvalue weighted by Crippen LogP contribution is 2.16. The number of likely N-dealkylation sites (tertiary alicyclic amines) is 1. The van der Waals surface area contributed by atoms with Crippen molar-refractivity contribution in [2.45, 2.75) is 45.3 Å². The fourth-order valence-electron chi connectivity index (χ4n) is 3.67. The maximum atomic E-state index is 12.4. The van der Waals surface area contributed by atoms with Crippen molar-refractivity contribution in [3.05, 3.63) is 35.4 Å². The van der Waals surface area contributed by atoms with Crippen LogP contribution in [0.15, 0.2) is 29.3 Å². The number of guanidine groups is 1. The number of benzene rings is 1. The minimum Gasteiger partial charge on any atom is -0.376 e. The smallest absolute Gasteiger partial charge is 0.251 e. The van der Waals surface area contributed by atoms with Crippen LogP contribution in [0, 0.1) is 5.92 Å². The van der Waals surface area contributed by atoms with Gasteiger partial charge in [0.1, 0.15) is 0 Å². The molecular weight excluding hydrogens is 467 g/mol. The van der Waals surface area contributed by atoms with Gasteiger partial charge in [-0.3, -0.25) is 9.79 Å². The largest absolute Gasteiger partial charge is 0.376 e. The van der Waals surface area contributed by atoms with Crippen molar-refractivity contribution < 1.29 is 9.53 Å². The molecule has 1 atom stereocenters. The molecule has 1 unspecified atom stereocenters. The van der Waals surface area contributed by atoms with E-state index in [1.54, 1.807) is 0 Å². The zero-order valence-electron chi connectivity index (χ0n) is 16.9. The number of ether oxygens (including phenoxy) is 1. The summed E-state index contributed by atoms with van der Waals surface area (Å²) >= 11 is 0. The first-order chi connectivity index (χ1) is 13.2. The molecule has 1 amide bonds. The Morgan fingerprint density at radius 3 is 2.71 bits per heavy atom. The van der Waals surface area contributed by atoms with Crippen molar-refractivity contribution >= 4 is 35.8 Å². The van der Waals surface area contributed by atoms with Crippen LogP contribution in [-0.2, 0) is 11.3 Å². The van der Waals surface area contributed by atoms with Crippen LogP contribution in [0.3, 0.4) is 0 Å². The summed E-state index contributed by atoms with van der Waals surface area (Å²) in [5, 5.41) is 6.42. The summed E-state index contributed by atoms with van der Waals surface area (Å²) in [6.45, 7) is 6.45. The maximum Gasteiger partial charge on any atom is 0.251 e. The third-order valence-electron chi connectivity index (χ3n) is 5.45. The summed E-state index contributed by atoms with van der Waals surface area (Å²) in [5.74, 6) is 1.70. The molecule has 1 aromatic rings. The summed E-state index contributed by atoms with van der Waals surface area (Å²) in [7, 11) is 1.83. The van der Waals surface area contributed by atoms with Gasteiger partial charge in [-0.15, -0.1) is 24.0 Å². The summed E-state index contributed by atoms with van der Waals surface area (Å²) in [4.78, 5) is 19.1. The topological polar surface area (TPSA) is 66.0 Å². The van der Waals surface area contributed by atoms with Crippen LogP contribution in [0.1, 0.15) is 48.5 Å². The van der Waals surface area contributed by atoms with Gasteiger partial charge >= 0.3 is 0 Å². The zero-order valence-corrected chi connectivity index (χ0v) is 19.3. The van der Waals surface area contributed by atoms with Crippen molar-refractivity contribution in [2.24, 2.45) is 10.9 Å². The Hall–Kier alpha value is -1.35. The quantitative estimate of drug-likeness (QED) is 0.371. The normalized spacial score (nSPS) is 20.6. The second kappa shape index (κ2) is 11.6. The number of halogens is 1. The van der Waals surface area contributed by atoms with Crippen LogP contribution in [0.25, 0.3) is 0 Å². The van der Waals surface area contributed by atoms with Gasteiger partial charge in [0.25, 0.3) is 5.91 Å². The van der Waals surface area contributed by atoms with E-state index in [-0.39, 0.29) is 36.0 Å². The zero-order chi connectivity index (χ0) is 19.1. The highest BCUT2D eigenvalue weighted by molar-refractivity contribution is 14.0. The maximum absolute atomic E-state index is 12.4. The molecule has 0 aliphatic carbocycles. The van der Waals surface area contributed by atoms with E-state index in [1.807, 2.05) is 31.3 Å². The van der Waals surface area contributed by atoms with Gasteiger partial charge in [-0.05, 0) is 49.3 Å². The van der Waals surface area contributed by atoms with Gasteiger partial charge in [0.2, 0.25) is 0 Å². The standard InChI is InChI=1S/C21H32N4O2.HI/c1-16-8-10-25(11-9-16)21(22-2)24-14-17-5-3-6-18(13-17)20(26)23-15-19-7-4-12-27-19;/h3,5-6,13,16,19H,4,7-12,14-15H2,1-2H3,(H,22,24)(H,23,26);1H. The van der Waals surface area contributed by atoms with Crippen molar-refractivity contribution in [3.8, 4) is 0 Å². The minimum absolute atomic E-state index is 0. The average Bonchev–Trinajstić information content (AvgIpc) is 3.22. The lowest BCUT2D eigenvalue weighted by molar-refractivity contribution is 0.0857. The fraction of sp³-hybridized carbons (Fsp3) is 0.619. The third-order valence-corrected chi connectivity index (χ3v) is 5.45. The number of rotatable bonds is 5. The number of aliphatic imine (C=N–C) groups is 1.